The predicted octanol–water partition coefficient (Wildman–Crippen LogP) is 3.67. The van der Waals surface area contributed by atoms with Crippen LogP contribution in [0.2, 0.25) is 5.02 Å². The number of benzene rings is 2. The van der Waals surface area contributed by atoms with E-state index in [1.54, 1.807) is 17.0 Å². The molecule has 3 aromatic rings. The van der Waals surface area contributed by atoms with E-state index in [-0.39, 0.29) is 5.02 Å². The Morgan fingerprint density at radius 1 is 1.11 bits per heavy atom. The van der Waals surface area contributed by atoms with Crippen molar-refractivity contribution in [2.75, 3.05) is 50.0 Å². The van der Waals surface area contributed by atoms with Crippen molar-refractivity contribution >= 4 is 51.5 Å². The summed E-state index contributed by atoms with van der Waals surface area (Å²) in [6.45, 7) is 7.61. The van der Waals surface area contributed by atoms with Gasteiger partial charge in [-0.15, -0.1) is 0 Å². The Labute approximate surface area is 207 Å². The average Bonchev–Trinajstić information content (AvgIpc) is 2.86. The van der Waals surface area contributed by atoms with Crippen molar-refractivity contribution in [3.05, 3.63) is 47.5 Å². The van der Waals surface area contributed by atoms with Crippen LogP contribution in [0.4, 0.5) is 21.6 Å². The van der Waals surface area contributed by atoms with Gasteiger partial charge >= 0.3 is 11.8 Å². The van der Waals surface area contributed by atoms with Gasteiger partial charge in [-0.05, 0) is 37.7 Å². The molecule has 2 N–H and O–H groups in total. The number of nitrogens with zero attached hydrogens (tertiary/aromatic N) is 4. The smallest absolute Gasteiger partial charge is 0.314 e. The molecule has 2 aromatic carbocycles. The van der Waals surface area contributed by atoms with Crippen molar-refractivity contribution in [2.45, 2.75) is 13.8 Å². The van der Waals surface area contributed by atoms with Gasteiger partial charge in [0.15, 0.2) is 0 Å². The third-order valence-corrected chi connectivity index (χ3v) is 6.06. The van der Waals surface area contributed by atoms with Crippen molar-refractivity contribution in [3.8, 4) is 5.75 Å². The van der Waals surface area contributed by atoms with Crippen molar-refractivity contribution in [3.63, 3.8) is 0 Å². The van der Waals surface area contributed by atoms with Gasteiger partial charge in [0.05, 0.1) is 22.8 Å². The van der Waals surface area contributed by atoms with Crippen LogP contribution in [0.3, 0.4) is 0 Å². The molecule has 1 fully saturated rings. The van der Waals surface area contributed by atoms with Gasteiger partial charge in [0.1, 0.15) is 23.7 Å². The van der Waals surface area contributed by atoms with E-state index in [1.807, 2.05) is 6.92 Å². The maximum absolute atomic E-state index is 13.5. The summed E-state index contributed by atoms with van der Waals surface area (Å²) in [5.74, 6) is -1.07. The lowest BCUT2D eigenvalue weighted by Crippen LogP contribution is -2.51. The van der Waals surface area contributed by atoms with Gasteiger partial charge in [-0.3, -0.25) is 9.59 Å². The van der Waals surface area contributed by atoms with Crippen LogP contribution in [0.5, 0.6) is 5.75 Å². The Morgan fingerprint density at radius 3 is 2.57 bits per heavy atom. The van der Waals surface area contributed by atoms with Crippen molar-refractivity contribution in [1.29, 1.82) is 0 Å². The topological polar surface area (TPSA) is 99.7 Å². The first kappa shape index (κ1) is 24.6. The number of amides is 2. The molecular weight excluding hydrogens is 475 g/mol. The molecule has 1 aliphatic rings. The highest BCUT2D eigenvalue weighted by atomic mass is 35.5. The maximum atomic E-state index is 13.5. The minimum atomic E-state index is -0.744. The molecule has 11 heteroatoms. The molecule has 2 amide bonds. The van der Waals surface area contributed by atoms with Gasteiger partial charge in [0.2, 0.25) is 0 Å². The number of aromatic nitrogens is 2. The lowest BCUT2D eigenvalue weighted by atomic mass is 10.1. The molecular formula is C24H26ClFN6O3. The number of anilines is 3. The summed E-state index contributed by atoms with van der Waals surface area (Å²) >= 11 is 5.90. The third-order valence-electron chi connectivity index (χ3n) is 5.77. The van der Waals surface area contributed by atoms with E-state index in [1.165, 1.54) is 24.5 Å². The molecule has 0 aliphatic carbocycles. The second-order valence-corrected chi connectivity index (χ2v) is 8.36. The zero-order valence-electron chi connectivity index (χ0n) is 19.5. The fourth-order valence-corrected chi connectivity index (χ4v) is 4.03. The number of rotatable bonds is 6. The molecule has 2 heterocycles. The fourth-order valence-electron chi connectivity index (χ4n) is 3.85. The zero-order valence-corrected chi connectivity index (χ0v) is 20.2. The van der Waals surface area contributed by atoms with Crippen molar-refractivity contribution < 1.29 is 18.7 Å². The Kier molecular flexibility index (Phi) is 7.62. The summed E-state index contributed by atoms with van der Waals surface area (Å²) in [4.78, 5) is 38.0. The maximum Gasteiger partial charge on any atom is 0.314 e. The fraction of sp³-hybridized carbons (Fsp3) is 0.333. The van der Waals surface area contributed by atoms with Crippen LogP contribution in [-0.2, 0) is 9.59 Å². The number of fused-ring (bicyclic) bond motifs is 1. The molecule has 0 bridgehead atoms. The monoisotopic (exact) mass is 500 g/mol. The molecule has 0 atom stereocenters. The van der Waals surface area contributed by atoms with E-state index in [2.05, 4.69) is 32.4 Å². The second kappa shape index (κ2) is 10.8. The normalized spacial score (nSPS) is 14.1. The first-order valence-electron chi connectivity index (χ1n) is 11.4. The van der Waals surface area contributed by atoms with Gasteiger partial charge in [0, 0.05) is 43.3 Å². The van der Waals surface area contributed by atoms with Crippen LogP contribution in [0.25, 0.3) is 10.9 Å². The molecule has 9 nitrogen and oxygen atoms in total. The standard InChI is InChI=1S/C24H26ClFN6O3/c1-3-31-7-9-32(10-8-31)24(34)23(33)30-20-12-16-19(13-21(20)35-4-2)27-14-28-22(16)29-15-5-6-18(26)17(25)11-15/h5-6,11-14H,3-4,7-10H2,1-2H3,(H,30,33)(H,27,28,29). The number of halogens is 2. The zero-order chi connectivity index (χ0) is 24.9. The highest BCUT2D eigenvalue weighted by Gasteiger charge is 2.26. The number of likely N-dealkylation sites (N-methyl/N-ethyl adjacent to an activating group) is 1. The van der Waals surface area contributed by atoms with E-state index in [0.29, 0.717) is 53.5 Å². The Balaban J connectivity index is 1.61. The highest BCUT2D eigenvalue weighted by molar-refractivity contribution is 6.39. The number of hydrogen-bond acceptors (Lipinski definition) is 7. The van der Waals surface area contributed by atoms with E-state index in [4.69, 9.17) is 16.3 Å². The van der Waals surface area contributed by atoms with Crippen molar-refractivity contribution in [1.82, 2.24) is 19.8 Å². The summed E-state index contributed by atoms with van der Waals surface area (Å²) in [6, 6.07) is 7.54. The summed E-state index contributed by atoms with van der Waals surface area (Å²) in [7, 11) is 0. The highest BCUT2D eigenvalue weighted by Crippen LogP contribution is 2.34. The number of carbonyl (C=O) groups excluding carboxylic acids is 2. The molecule has 0 unspecified atom stereocenters. The molecule has 0 saturated carbocycles. The van der Waals surface area contributed by atoms with Crippen LogP contribution < -0.4 is 15.4 Å². The number of carbonyl (C=O) groups is 2. The van der Waals surface area contributed by atoms with E-state index in [9.17, 15) is 14.0 Å². The van der Waals surface area contributed by atoms with E-state index >= 15 is 0 Å². The van der Waals surface area contributed by atoms with Gasteiger partial charge in [-0.25, -0.2) is 14.4 Å². The molecule has 1 saturated heterocycles. The molecule has 184 valence electrons. The Morgan fingerprint density at radius 2 is 1.89 bits per heavy atom. The number of ether oxygens (including phenoxy) is 1. The largest absolute Gasteiger partial charge is 0.492 e. The minimum absolute atomic E-state index is 0.0294. The van der Waals surface area contributed by atoms with E-state index < -0.39 is 17.6 Å². The second-order valence-electron chi connectivity index (χ2n) is 7.96. The van der Waals surface area contributed by atoms with Gasteiger partial charge < -0.3 is 25.2 Å². The first-order chi connectivity index (χ1) is 16.9. The molecule has 1 aliphatic heterocycles. The quantitative estimate of drug-likeness (QED) is 0.498. The van der Waals surface area contributed by atoms with Gasteiger partial charge in [-0.1, -0.05) is 18.5 Å². The molecule has 1 aromatic heterocycles. The van der Waals surface area contributed by atoms with Crippen LogP contribution >= 0.6 is 11.6 Å². The number of piperazine rings is 1. The van der Waals surface area contributed by atoms with Crippen LogP contribution in [-0.4, -0.2) is 70.9 Å². The Hall–Kier alpha value is -3.50. The lowest BCUT2D eigenvalue weighted by molar-refractivity contribution is -0.144. The van der Waals surface area contributed by atoms with Crippen LogP contribution in [0.1, 0.15) is 13.8 Å². The van der Waals surface area contributed by atoms with Gasteiger partial charge in [-0.2, -0.15) is 0 Å². The lowest BCUT2D eigenvalue weighted by Gasteiger charge is -2.33. The predicted molar refractivity (Wildman–Crippen MR) is 133 cm³/mol. The van der Waals surface area contributed by atoms with Gasteiger partial charge in [0.25, 0.3) is 0 Å². The van der Waals surface area contributed by atoms with Crippen LogP contribution in [0.15, 0.2) is 36.7 Å². The Bertz CT molecular complexity index is 1250. The molecule has 0 radical (unpaired) electrons. The summed E-state index contributed by atoms with van der Waals surface area (Å²) in [6.07, 6.45) is 1.38. The molecule has 0 spiro atoms. The number of hydrogen-bond donors (Lipinski definition) is 2. The van der Waals surface area contributed by atoms with Crippen LogP contribution in [0, 0.1) is 5.82 Å². The molecule has 35 heavy (non-hydrogen) atoms. The summed E-state index contributed by atoms with van der Waals surface area (Å²) in [5, 5.41) is 6.33. The average molecular weight is 501 g/mol. The SMILES string of the molecule is CCOc1cc2ncnc(Nc3ccc(F)c(Cl)c3)c2cc1NC(=O)C(=O)N1CCN(CC)CC1. The number of nitrogens with one attached hydrogen (secondary N) is 2. The van der Waals surface area contributed by atoms with Crippen molar-refractivity contribution in [2.24, 2.45) is 0 Å². The summed E-state index contributed by atoms with van der Waals surface area (Å²) in [5.41, 5.74) is 1.40. The summed E-state index contributed by atoms with van der Waals surface area (Å²) < 4.78 is 19.2. The minimum Gasteiger partial charge on any atom is -0.492 e. The first-order valence-corrected chi connectivity index (χ1v) is 11.7. The van der Waals surface area contributed by atoms with E-state index in [0.717, 1.165) is 19.6 Å². The third kappa shape index (κ3) is 5.60. The molecule has 4 rings (SSSR count).